The number of H-pyrrole nitrogens is 2. The van der Waals surface area contributed by atoms with Gasteiger partial charge in [-0.15, -0.1) is 0 Å². The minimum Gasteiger partial charge on any atom is -0.370 e. The predicted octanol–water partition coefficient (Wildman–Crippen LogP) is 7.98. The number of likely N-dealkylation sites (N-methyl/N-ethyl adjacent to an activating group) is 1. The fourth-order valence-corrected chi connectivity index (χ4v) is 4.47. The van der Waals surface area contributed by atoms with Crippen LogP contribution in [0.3, 0.4) is 0 Å². The molecule has 0 radical (unpaired) electrons. The van der Waals surface area contributed by atoms with Gasteiger partial charge in [0.2, 0.25) is 0 Å². The second kappa shape index (κ2) is 12.7. The summed E-state index contributed by atoms with van der Waals surface area (Å²) in [5, 5.41) is 1.21. The van der Waals surface area contributed by atoms with E-state index in [4.69, 9.17) is 23.2 Å². The Morgan fingerprint density at radius 1 is 1.18 bits per heavy atom. The molecule has 0 atom stereocenters. The molecule has 0 bridgehead atoms. The zero-order valence-electron chi connectivity index (χ0n) is 22.4. The smallest absolute Gasteiger partial charge is 0.323 e. The van der Waals surface area contributed by atoms with Crippen LogP contribution in [-0.2, 0) is 0 Å². The number of rotatable bonds is 8. The first kappa shape index (κ1) is 28.8. The van der Waals surface area contributed by atoms with Crippen LogP contribution in [0.5, 0.6) is 0 Å². The van der Waals surface area contributed by atoms with Crippen molar-refractivity contribution in [3.63, 3.8) is 0 Å². The molecule has 0 amide bonds. The Morgan fingerprint density at radius 3 is 2.58 bits per heavy atom. The van der Waals surface area contributed by atoms with Gasteiger partial charge in [-0.25, -0.2) is 9.78 Å². The minimum atomic E-state index is -0.245. The second-order valence-corrected chi connectivity index (χ2v) is 9.34. The Labute approximate surface area is 233 Å². The number of aromatic nitrogens is 4. The average Bonchev–Trinajstić information content (AvgIpc) is 3.50. The molecular formula is C30H33Cl2N5O. The van der Waals surface area contributed by atoms with E-state index >= 15 is 0 Å². The van der Waals surface area contributed by atoms with E-state index in [9.17, 15) is 4.79 Å². The van der Waals surface area contributed by atoms with E-state index in [-0.39, 0.29) is 5.69 Å². The van der Waals surface area contributed by atoms with Gasteiger partial charge in [0, 0.05) is 35.6 Å². The Kier molecular flexibility index (Phi) is 9.61. The van der Waals surface area contributed by atoms with E-state index < -0.39 is 0 Å². The summed E-state index contributed by atoms with van der Waals surface area (Å²) >= 11 is 12.9. The lowest BCUT2D eigenvalue weighted by Crippen LogP contribution is -2.20. The van der Waals surface area contributed by atoms with Gasteiger partial charge in [-0.2, -0.15) is 0 Å². The van der Waals surface area contributed by atoms with Crippen molar-refractivity contribution >= 4 is 51.0 Å². The first-order chi connectivity index (χ1) is 18.2. The molecule has 0 aliphatic rings. The van der Waals surface area contributed by atoms with Gasteiger partial charge in [0.25, 0.3) is 0 Å². The number of benzene rings is 2. The summed E-state index contributed by atoms with van der Waals surface area (Å²) < 4.78 is 1.95. The van der Waals surface area contributed by atoms with Gasteiger partial charge in [-0.3, -0.25) is 4.57 Å². The first-order valence-electron chi connectivity index (χ1n) is 12.3. The predicted molar refractivity (Wildman–Crippen MR) is 163 cm³/mol. The molecule has 0 unspecified atom stereocenters. The van der Waals surface area contributed by atoms with Crippen LogP contribution in [0.1, 0.15) is 33.3 Å². The van der Waals surface area contributed by atoms with Gasteiger partial charge in [-0.1, -0.05) is 62.4 Å². The molecule has 38 heavy (non-hydrogen) atoms. The molecule has 0 saturated heterocycles. The van der Waals surface area contributed by atoms with E-state index in [0.29, 0.717) is 27.6 Å². The Morgan fingerprint density at radius 2 is 1.89 bits per heavy atom. The van der Waals surface area contributed by atoms with Crippen LogP contribution in [-0.4, -0.2) is 38.0 Å². The van der Waals surface area contributed by atoms with Gasteiger partial charge in [0.05, 0.1) is 21.6 Å². The molecular weight excluding hydrogens is 517 g/mol. The second-order valence-electron chi connectivity index (χ2n) is 8.50. The van der Waals surface area contributed by atoms with Gasteiger partial charge in [0.15, 0.2) is 0 Å². The number of allylic oxidation sites excluding steroid dienone is 5. The maximum absolute atomic E-state index is 11.7. The molecule has 0 saturated carbocycles. The van der Waals surface area contributed by atoms with Crippen LogP contribution in [0, 0.1) is 0 Å². The van der Waals surface area contributed by atoms with E-state index in [2.05, 4.69) is 33.0 Å². The maximum atomic E-state index is 11.7. The summed E-state index contributed by atoms with van der Waals surface area (Å²) in [5.41, 5.74) is 7.38. The standard InChI is InChI=1S/C28H27Cl2N5O.C2H6/c1-6-8-25(34(5)15-18(4)17(3)11-20(29)7-2)19-12-22(30)27-26(13-19)35(16-31-27)21-9-10-23-24(14-21)33-28(36)32-23;1-2/h6-14,16H,1,4,15H2,2-3,5H3,(H2,32,33,36);1-2H3/b17-11-,20-7+,25-8-;. The molecule has 0 aliphatic heterocycles. The first-order valence-corrected chi connectivity index (χ1v) is 13.1. The minimum absolute atomic E-state index is 0.245. The van der Waals surface area contributed by atoms with Crippen molar-refractivity contribution in [2.24, 2.45) is 0 Å². The molecule has 0 aliphatic carbocycles. The summed E-state index contributed by atoms with van der Waals surface area (Å²) in [5.74, 6) is 0. The van der Waals surface area contributed by atoms with Crippen LogP contribution in [0.2, 0.25) is 5.02 Å². The third-order valence-electron chi connectivity index (χ3n) is 5.98. The summed E-state index contributed by atoms with van der Waals surface area (Å²) in [4.78, 5) is 23.9. The SMILES string of the molecule is C=C/C=C(/c1cc(Cl)c2ncn(-c3ccc4[nH]c(=O)[nH]c4c3)c2c1)N(C)CC(=C)/C(C)=C\C(Cl)=C/C.CC. The molecule has 2 aromatic heterocycles. The van der Waals surface area contributed by atoms with Crippen molar-refractivity contribution < 1.29 is 0 Å². The normalized spacial score (nSPS) is 12.4. The fraction of sp³-hybridized carbons (Fsp3) is 0.200. The highest BCUT2D eigenvalue weighted by molar-refractivity contribution is 6.35. The number of nitrogens with zero attached hydrogens (tertiary/aromatic N) is 3. The topological polar surface area (TPSA) is 69.7 Å². The van der Waals surface area contributed by atoms with Crippen LogP contribution in [0.25, 0.3) is 33.5 Å². The van der Waals surface area contributed by atoms with E-state index in [1.54, 1.807) is 12.4 Å². The molecule has 198 valence electrons. The van der Waals surface area contributed by atoms with Gasteiger partial charge in [0.1, 0.15) is 11.8 Å². The van der Waals surface area contributed by atoms with Crippen LogP contribution in [0.15, 0.2) is 95.1 Å². The lowest BCUT2D eigenvalue weighted by molar-refractivity contribution is 0.525. The highest BCUT2D eigenvalue weighted by Crippen LogP contribution is 2.31. The summed E-state index contributed by atoms with van der Waals surface area (Å²) in [6.07, 6.45) is 9.18. The zero-order valence-corrected chi connectivity index (χ0v) is 23.9. The molecule has 6 nitrogen and oxygen atoms in total. The van der Waals surface area contributed by atoms with Crippen molar-refractivity contribution in [1.29, 1.82) is 0 Å². The van der Waals surface area contributed by atoms with Crippen molar-refractivity contribution in [2.45, 2.75) is 27.7 Å². The third-order valence-corrected chi connectivity index (χ3v) is 6.60. The lowest BCUT2D eigenvalue weighted by Gasteiger charge is -2.25. The fourth-order valence-electron chi connectivity index (χ4n) is 4.04. The van der Waals surface area contributed by atoms with Crippen molar-refractivity contribution in [2.75, 3.05) is 13.6 Å². The van der Waals surface area contributed by atoms with Crippen LogP contribution >= 0.6 is 23.2 Å². The lowest BCUT2D eigenvalue weighted by atomic mass is 10.1. The van der Waals surface area contributed by atoms with E-state index in [0.717, 1.165) is 39.1 Å². The largest absolute Gasteiger partial charge is 0.370 e. The van der Waals surface area contributed by atoms with E-state index in [1.165, 1.54) is 0 Å². The van der Waals surface area contributed by atoms with Gasteiger partial charge in [-0.05, 0) is 67.5 Å². The number of imidazole rings is 2. The molecule has 2 aromatic carbocycles. The number of hydrogen-bond acceptors (Lipinski definition) is 3. The highest BCUT2D eigenvalue weighted by Gasteiger charge is 2.16. The maximum Gasteiger partial charge on any atom is 0.323 e. The average molecular weight is 551 g/mol. The molecule has 2 N–H and O–H groups in total. The molecule has 2 heterocycles. The number of fused-ring (bicyclic) bond motifs is 2. The van der Waals surface area contributed by atoms with Crippen molar-refractivity contribution in [3.05, 3.63) is 111 Å². The number of aromatic amines is 2. The summed E-state index contributed by atoms with van der Waals surface area (Å²) in [6, 6.07) is 9.64. The number of hydrogen-bond donors (Lipinski definition) is 2. The Bertz CT molecular complexity index is 1630. The van der Waals surface area contributed by atoms with Crippen molar-refractivity contribution in [1.82, 2.24) is 24.4 Å². The molecule has 4 aromatic rings. The molecule has 0 fully saturated rings. The third kappa shape index (κ3) is 6.21. The monoisotopic (exact) mass is 549 g/mol. The molecule has 8 heteroatoms. The zero-order chi connectivity index (χ0) is 28.0. The number of halogens is 2. The molecule has 4 rings (SSSR count). The van der Waals surface area contributed by atoms with Crippen LogP contribution in [0.4, 0.5) is 0 Å². The highest BCUT2D eigenvalue weighted by atomic mass is 35.5. The van der Waals surface area contributed by atoms with Gasteiger partial charge >= 0.3 is 5.69 Å². The quantitative estimate of drug-likeness (QED) is 0.219. The Balaban J connectivity index is 0.00000195. The van der Waals surface area contributed by atoms with Gasteiger partial charge < -0.3 is 14.9 Å². The van der Waals surface area contributed by atoms with Crippen LogP contribution < -0.4 is 5.69 Å². The summed E-state index contributed by atoms with van der Waals surface area (Å²) in [7, 11) is 2.00. The molecule has 0 spiro atoms. The number of nitrogens with one attached hydrogen (secondary N) is 2. The van der Waals surface area contributed by atoms with E-state index in [1.807, 2.05) is 87.9 Å². The van der Waals surface area contributed by atoms with Crippen molar-refractivity contribution in [3.8, 4) is 5.69 Å². The summed E-state index contributed by atoms with van der Waals surface area (Å²) in [6.45, 7) is 16.6. The Hall–Kier alpha value is -3.74.